The maximum atomic E-state index is 9.30. The lowest BCUT2D eigenvalue weighted by Crippen LogP contribution is -2.39. The Morgan fingerprint density at radius 1 is 1.45 bits per heavy atom. The molecule has 1 fully saturated rings. The van der Waals surface area contributed by atoms with Crippen molar-refractivity contribution >= 4 is 0 Å². The molecule has 0 aromatic heterocycles. The Bertz CT molecular complexity index is 518. The molecule has 0 bridgehead atoms. The monoisotopic (exact) mass is 272 g/mol. The number of benzene rings is 1. The maximum absolute atomic E-state index is 9.30. The average molecular weight is 272 g/mol. The normalized spacial score (nSPS) is 25.7. The van der Waals surface area contributed by atoms with Gasteiger partial charge in [-0.15, -0.1) is 0 Å². The van der Waals surface area contributed by atoms with E-state index in [0.717, 1.165) is 30.6 Å². The topological polar surface area (TPSA) is 45.0 Å². The van der Waals surface area contributed by atoms with Crippen molar-refractivity contribution in [1.82, 2.24) is 5.32 Å². The van der Waals surface area contributed by atoms with Gasteiger partial charge in [-0.25, -0.2) is 0 Å². The summed E-state index contributed by atoms with van der Waals surface area (Å²) in [5, 5.41) is 12.4. The van der Waals surface area contributed by atoms with Crippen LogP contribution in [0.2, 0.25) is 0 Å². The highest BCUT2D eigenvalue weighted by molar-refractivity contribution is 5.38. The predicted molar refractivity (Wildman–Crippen MR) is 80.9 cm³/mol. The van der Waals surface area contributed by atoms with E-state index in [1.807, 2.05) is 7.05 Å². The van der Waals surface area contributed by atoms with Crippen molar-refractivity contribution in [1.29, 1.82) is 5.26 Å². The number of aryl methyl sites for hydroxylation is 1. The number of ether oxygens (including phenoxy) is 1. The smallest absolute Gasteiger partial charge is 0.122 e. The lowest BCUT2D eigenvalue weighted by molar-refractivity contribution is 0.200. The first-order valence-corrected chi connectivity index (χ1v) is 7.37. The molecule has 0 saturated heterocycles. The van der Waals surface area contributed by atoms with Crippen LogP contribution in [0.5, 0.6) is 5.75 Å². The van der Waals surface area contributed by atoms with Gasteiger partial charge in [0.15, 0.2) is 0 Å². The summed E-state index contributed by atoms with van der Waals surface area (Å²) in [6, 6.07) is 8.82. The van der Waals surface area contributed by atoms with E-state index in [4.69, 9.17) is 4.74 Å². The Kier molecular flexibility index (Phi) is 4.35. The van der Waals surface area contributed by atoms with Crippen molar-refractivity contribution in [2.45, 2.75) is 57.6 Å². The molecule has 0 heterocycles. The van der Waals surface area contributed by atoms with Gasteiger partial charge in [0.2, 0.25) is 0 Å². The van der Waals surface area contributed by atoms with E-state index in [9.17, 15) is 5.26 Å². The van der Waals surface area contributed by atoms with Crippen molar-refractivity contribution < 1.29 is 4.74 Å². The third-order valence-electron chi connectivity index (χ3n) is 4.33. The van der Waals surface area contributed by atoms with Crippen LogP contribution in [0.15, 0.2) is 18.2 Å². The second-order valence-electron chi connectivity index (χ2n) is 6.11. The molecular weight excluding hydrogens is 248 g/mol. The number of hydrogen-bond donors (Lipinski definition) is 1. The second-order valence-corrected chi connectivity index (χ2v) is 6.11. The lowest BCUT2D eigenvalue weighted by atomic mass is 10.00. The molecular formula is C17H24N2O. The molecule has 1 aliphatic carbocycles. The average Bonchev–Trinajstić information content (AvgIpc) is 2.85. The molecule has 108 valence electrons. The fourth-order valence-corrected chi connectivity index (χ4v) is 2.77. The van der Waals surface area contributed by atoms with E-state index >= 15 is 0 Å². The van der Waals surface area contributed by atoms with Crippen molar-refractivity contribution in [3.8, 4) is 11.8 Å². The van der Waals surface area contributed by atoms with Crippen LogP contribution in [0.3, 0.4) is 0 Å². The van der Waals surface area contributed by atoms with Gasteiger partial charge >= 0.3 is 0 Å². The Hall–Kier alpha value is -1.53. The Labute approximate surface area is 121 Å². The van der Waals surface area contributed by atoms with Crippen LogP contribution in [0.1, 0.15) is 50.2 Å². The fraction of sp³-hybridized carbons (Fsp3) is 0.588. The molecule has 0 aliphatic heterocycles. The van der Waals surface area contributed by atoms with E-state index in [2.05, 4.69) is 50.4 Å². The largest absolute Gasteiger partial charge is 0.490 e. The summed E-state index contributed by atoms with van der Waals surface area (Å²) in [5.41, 5.74) is 2.05. The van der Waals surface area contributed by atoms with Crippen LogP contribution in [-0.2, 0) is 0 Å². The van der Waals surface area contributed by atoms with E-state index in [1.54, 1.807) is 0 Å². The van der Waals surface area contributed by atoms with Gasteiger partial charge in [0, 0.05) is 6.42 Å². The number of nitrogens with zero attached hydrogens (tertiary/aromatic N) is 1. The maximum Gasteiger partial charge on any atom is 0.122 e. The van der Waals surface area contributed by atoms with Crippen molar-refractivity contribution in [3.63, 3.8) is 0 Å². The van der Waals surface area contributed by atoms with Crippen LogP contribution in [0.4, 0.5) is 0 Å². The first kappa shape index (κ1) is 14.9. The zero-order valence-electron chi connectivity index (χ0n) is 12.9. The van der Waals surface area contributed by atoms with E-state index < -0.39 is 5.54 Å². The minimum Gasteiger partial charge on any atom is -0.490 e. The van der Waals surface area contributed by atoms with Crippen LogP contribution in [-0.4, -0.2) is 18.7 Å². The quantitative estimate of drug-likeness (QED) is 0.912. The molecule has 0 spiro atoms. The molecule has 3 nitrogen and oxygen atoms in total. The zero-order valence-corrected chi connectivity index (χ0v) is 12.9. The third-order valence-corrected chi connectivity index (χ3v) is 4.33. The minimum atomic E-state index is -0.409. The Morgan fingerprint density at radius 3 is 2.75 bits per heavy atom. The fourth-order valence-electron chi connectivity index (χ4n) is 2.77. The second kappa shape index (κ2) is 5.85. The third kappa shape index (κ3) is 2.96. The minimum absolute atomic E-state index is 0.128. The molecule has 20 heavy (non-hydrogen) atoms. The molecule has 0 amide bonds. The van der Waals surface area contributed by atoms with E-state index in [1.165, 1.54) is 5.56 Å². The van der Waals surface area contributed by atoms with Crippen LogP contribution in [0.25, 0.3) is 0 Å². The molecule has 0 radical (unpaired) electrons. The number of hydrogen-bond acceptors (Lipinski definition) is 3. The SMILES string of the molecule is CNC1(C#N)CCC(Oc2cc(C(C)C)ccc2C)C1. The Morgan fingerprint density at radius 2 is 2.20 bits per heavy atom. The predicted octanol–water partition coefficient (Wildman–Crippen LogP) is 3.53. The summed E-state index contributed by atoms with van der Waals surface area (Å²) < 4.78 is 6.16. The van der Waals surface area contributed by atoms with Gasteiger partial charge < -0.3 is 10.1 Å². The Balaban J connectivity index is 2.12. The number of rotatable bonds is 4. The van der Waals surface area contributed by atoms with Crippen LogP contribution < -0.4 is 10.1 Å². The summed E-state index contributed by atoms with van der Waals surface area (Å²) in [6.07, 6.45) is 2.67. The van der Waals surface area contributed by atoms with E-state index in [-0.39, 0.29) is 6.10 Å². The molecule has 1 saturated carbocycles. The zero-order chi connectivity index (χ0) is 14.8. The van der Waals surface area contributed by atoms with Crippen LogP contribution in [0, 0.1) is 18.3 Å². The van der Waals surface area contributed by atoms with Crippen LogP contribution >= 0.6 is 0 Å². The highest BCUT2D eigenvalue weighted by Gasteiger charge is 2.39. The molecule has 1 aromatic carbocycles. The first-order chi connectivity index (χ1) is 9.49. The molecule has 1 aliphatic rings. The van der Waals surface area contributed by atoms with Gasteiger partial charge in [-0.3, -0.25) is 0 Å². The van der Waals surface area contributed by atoms with Gasteiger partial charge in [0.1, 0.15) is 17.4 Å². The molecule has 1 N–H and O–H groups in total. The molecule has 3 heteroatoms. The van der Waals surface area contributed by atoms with Gasteiger partial charge in [-0.2, -0.15) is 5.26 Å². The van der Waals surface area contributed by atoms with Crippen molar-refractivity contribution in [2.75, 3.05) is 7.05 Å². The lowest BCUT2D eigenvalue weighted by Gasteiger charge is -2.21. The summed E-state index contributed by atoms with van der Waals surface area (Å²) >= 11 is 0. The van der Waals surface area contributed by atoms with Gasteiger partial charge in [0.05, 0.1) is 6.07 Å². The van der Waals surface area contributed by atoms with Gasteiger partial charge in [-0.05, 0) is 49.9 Å². The van der Waals surface area contributed by atoms with Gasteiger partial charge in [0.25, 0.3) is 0 Å². The summed E-state index contributed by atoms with van der Waals surface area (Å²) in [6.45, 7) is 6.45. The highest BCUT2D eigenvalue weighted by Crippen LogP contribution is 2.34. The van der Waals surface area contributed by atoms with Crippen molar-refractivity contribution in [2.24, 2.45) is 0 Å². The first-order valence-electron chi connectivity index (χ1n) is 7.37. The summed E-state index contributed by atoms with van der Waals surface area (Å²) in [7, 11) is 1.86. The number of nitriles is 1. The standard InChI is InChI=1S/C17H24N2O/c1-12(2)14-6-5-13(3)16(9-14)20-15-7-8-17(10-15,11-18)19-4/h5-6,9,12,15,19H,7-8,10H2,1-4H3. The molecule has 2 atom stereocenters. The number of nitrogens with one attached hydrogen (secondary N) is 1. The molecule has 2 unspecified atom stereocenters. The molecule has 2 rings (SSSR count). The molecule has 1 aromatic rings. The van der Waals surface area contributed by atoms with E-state index in [0.29, 0.717) is 5.92 Å². The summed E-state index contributed by atoms with van der Waals surface area (Å²) in [5.74, 6) is 1.46. The van der Waals surface area contributed by atoms with Crippen molar-refractivity contribution in [3.05, 3.63) is 29.3 Å². The highest BCUT2D eigenvalue weighted by atomic mass is 16.5. The summed E-state index contributed by atoms with van der Waals surface area (Å²) in [4.78, 5) is 0. The van der Waals surface area contributed by atoms with Gasteiger partial charge in [-0.1, -0.05) is 26.0 Å².